The number of esters is 1. The second kappa shape index (κ2) is 14.1. The fourth-order valence-electron chi connectivity index (χ4n) is 6.36. The van der Waals surface area contributed by atoms with Crippen LogP contribution in [0, 0.1) is 6.92 Å². The number of carbonyl (C=O) groups is 2. The Balaban J connectivity index is 1.19. The first-order chi connectivity index (χ1) is 20.9. The maximum Gasteiger partial charge on any atom is 0.305 e. The van der Waals surface area contributed by atoms with Crippen molar-refractivity contribution in [2.24, 2.45) is 0 Å². The zero-order valence-electron chi connectivity index (χ0n) is 25.6. The van der Waals surface area contributed by atoms with Crippen molar-refractivity contribution in [2.45, 2.75) is 77.7 Å². The van der Waals surface area contributed by atoms with Gasteiger partial charge in [-0.05, 0) is 63.8 Å². The van der Waals surface area contributed by atoms with Gasteiger partial charge in [-0.25, -0.2) is 9.97 Å². The molecule has 1 N–H and O–H groups in total. The Morgan fingerprint density at radius 3 is 2.42 bits per heavy atom. The molecule has 3 aromatic rings. The predicted octanol–water partition coefficient (Wildman–Crippen LogP) is 4.80. The summed E-state index contributed by atoms with van der Waals surface area (Å²) in [4.78, 5) is 55.8. The Morgan fingerprint density at radius 2 is 1.74 bits per heavy atom. The molecule has 0 unspecified atom stereocenters. The van der Waals surface area contributed by atoms with Crippen molar-refractivity contribution in [3.8, 4) is 0 Å². The van der Waals surface area contributed by atoms with Gasteiger partial charge in [0.2, 0.25) is 5.95 Å². The third-order valence-corrected chi connectivity index (χ3v) is 8.81. The Bertz CT molecular complexity index is 1490. The molecule has 0 spiro atoms. The highest BCUT2D eigenvalue weighted by Gasteiger charge is 2.26. The number of hydrogen-bond donors (Lipinski definition) is 1. The summed E-state index contributed by atoms with van der Waals surface area (Å²) >= 11 is 0. The van der Waals surface area contributed by atoms with E-state index < -0.39 is 0 Å². The molecular weight excluding hydrogens is 546 g/mol. The molecule has 1 aliphatic heterocycles. The summed E-state index contributed by atoms with van der Waals surface area (Å²) in [7, 11) is 1.44. The number of rotatable bonds is 12. The summed E-state index contributed by atoms with van der Waals surface area (Å²) in [6.07, 6.45) is 12.2. The minimum absolute atomic E-state index is 0.0346. The Kier molecular flexibility index (Phi) is 10.0. The standard InChI is InChI=1S/C32H43N7O4/c1-22-26-21-34-32(36-30(26)39(24-10-7-8-11-24)31(42)29(22)23(2)40)35-27-14-13-25(20-33-27)38-18-16-37(17-19-38)15-9-5-4-6-12-28(41)43-3/h13-14,20-21,24H,4-12,15-19H2,1-3H3,(H,33,34,35,36). The highest BCUT2D eigenvalue weighted by atomic mass is 16.5. The van der Waals surface area contributed by atoms with Crippen molar-refractivity contribution in [1.29, 1.82) is 0 Å². The minimum Gasteiger partial charge on any atom is -0.469 e. The SMILES string of the molecule is COC(=O)CCCCCCN1CCN(c2ccc(Nc3ncc4c(C)c(C(C)=O)c(=O)n(C5CCCC5)c4n3)nc2)CC1. The van der Waals surface area contributed by atoms with Crippen LogP contribution in [0.1, 0.15) is 86.7 Å². The molecule has 3 aromatic heterocycles. The summed E-state index contributed by atoms with van der Waals surface area (Å²) in [5.41, 5.74) is 2.25. The third kappa shape index (κ3) is 7.21. The molecule has 0 bridgehead atoms. The average molecular weight is 590 g/mol. The smallest absolute Gasteiger partial charge is 0.305 e. The Labute approximate surface area is 252 Å². The van der Waals surface area contributed by atoms with Gasteiger partial charge in [0.05, 0.1) is 24.6 Å². The van der Waals surface area contributed by atoms with Gasteiger partial charge in [-0.15, -0.1) is 0 Å². The zero-order valence-corrected chi connectivity index (χ0v) is 25.6. The highest BCUT2D eigenvalue weighted by molar-refractivity contribution is 5.99. The van der Waals surface area contributed by atoms with Crippen molar-refractivity contribution in [3.63, 3.8) is 0 Å². The normalized spacial score (nSPS) is 16.1. The molecule has 0 aromatic carbocycles. The number of unbranched alkanes of at least 4 members (excludes halogenated alkanes) is 3. The van der Waals surface area contributed by atoms with Crippen LogP contribution in [0.4, 0.5) is 17.5 Å². The maximum atomic E-state index is 13.5. The van der Waals surface area contributed by atoms with E-state index in [2.05, 4.69) is 31.2 Å². The fourth-order valence-corrected chi connectivity index (χ4v) is 6.36. The molecule has 11 nitrogen and oxygen atoms in total. The first kappa shape index (κ1) is 30.6. The first-order valence-corrected chi connectivity index (χ1v) is 15.6. The van der Waals surface area contributed by atoms with Gasteiger partial charge in [-0.2, -0.15) is 4.98 Å². The number of carbonyl (C=O) groups excluding carboxylic acids is 2. The van der Waals surface area contributed by atoms with Gasteiger partial charge in [0.1, 0.15) is 11.5 Å². The predicted molar refractivity (Wildman–Crippen MR) is 167 cm³/mol. The van der Waals surface area contributed by atoms with E-state index in [1.54, 1.807) is 17.7 Å². The molecule has 43 heavy (non-hydrogen) atoms. The van der Waals surface area contributed by atoms with Crippen LogP contribution in [0.15, 0.2) is 29.3 Å². The first-order valence-electron chi connectivity index (χ1n) is 15.6. The van der Waals surface area contributed by atoms with Crippen LogP contribution >= 0.6 is 0 Å². The lowest BCUT2D eigenvalue weighted by molar-refractivity contribution is -0.140. The highest BCUT2D eigenvalue weighted by Crippen LogP contribution is 2.32. The number of pyridine rings is 2. The lowest BCUT2D eigenvalue weighted by Crippen LogP contribution is -2.46. The molecule has 2 fully saturated rings. The van der Waals surface area contributed by atoms with Crippen molar-refractivity contribution in [1.82, 2.24) is 24.4 Å². The van der Waals surface area contributed by atoms with Crippen molar-refractivity contribution < 1.29 is 14.3 Å². The number of fused-ring (bicyclic) bond motifs is 1. The van der Waals surface area contributed by atoms with Gasteiger partial charge < -0.3 is 15.0 Å². The van der Waals surface area contributed by atoms with E-state index in [0.29, 0.717) is 29.4 Å². The number of nitrogens with one attached hydrogen (secondary N) is 1. The molecular formula is C32H43N7O4. The molecule has 0 atom stereocenters. The van der Waals surface area contributed by atoms with Gasteiger partial charge in [-0.3, -0.25) is 23.9 Å². The topological polar surface area (TPSA) is 123 Å². The molecule has 1 saturated carbocycles. The van der Waals surface area contributed by atoms with Crippen molar-refractivity contribution in [2.75, 3.05) is 50.1 Å². The number of Topliss-reactive ketones (excluding diaryl/α,β-unsaturated/α-hetero) is 1. The van der Waals surface area contributed by atoms with Crippen LogP contribution in [0.3, 0.4) is 0 Å². The zero-order chi connectivity index (χ0) is 30.3. The van der Waals surface area contributed by atoms with Crippen molar-refractivity contribution >= 4 is 40.2 Å². The largest absolute Gasteiger partial charge is 0.469 e. The Morgan fingerprint density at radius 1 is 1.00 bits per heavy atom. The van der Waals surface area contributed by atoms with E-state index in [1.807, 2.05) is 12.3 Å². The number of nitrogens with zero attached hydrogens (tertiary/aromatic N) is 6. The van der Waals surface area contributed by atoms with E-state index in [4.69, 9.17) is 9.72 Å². The van der Waals surface area contributed by atoms with E-state index in [0.717, 1.165) is 95.2 Å². The molecule has 0 amide bonds. The summed E-state index contributed by atoms with van der Waals surface area (Å²) in [5, 5.41) is 3.93. The van der Waals surface area contributed by atoms with Gasteiger partial charge in [0, 0.05) is 50.2 Å². The molecule has 0 radical (unpaired) electrons. The summed E-state index contributed by atoms with van der Waals surface area (Å²) in [6, 6.07) is 4.02. The van der Waals surface area contributed by atoms with E-state index in [1.165, 1.54) is 14.0 Å². The summed E-state index contributed by atoms with van der Waals surface area (Å²) in [6.45, 7) is 8.26. The average Bonchev–Trinajstić information content (AvgIpc) is 3.54. The number of hydrogen-bond acceptors (Lipinski definition) is 10. The molecule has 11 heteroatoms. The lowest BCUT2D eigenvalue weighted by Gasteiger charge is -2.36. The number of ether oxygens (including phenoxy) is 1. The second-order valence-corrected chi connectivity index (χ2v) is 11.7. The van der Waals surface area contributed by atoms with Crippen LogP contribution in [0.2, 0.25) is 0 Å². The number of ketones is 1. The molecule has 1 saturated heterocycles. The van der Waals surface area contributed by atoms with E-state index in [-0.39, 0.29) is 28.9 Å². The quantitative estimate of drug-likeness (QED) is 0.179. The molecule has 1 aliphatic carbocycles. The monoisotopic (exact) mass is 589 g/mol. The van der Waals surface area contributed by atoms with Crippen molar-refractivity contribution in [3.05, 3.63) is 46.0 Å². The van der Waals surface area contributed by atoms with E-state index >= 15 is 0 Å². The lowest BCUT2D eigenvalue weighted by atomic mass is 10.0. The van der Waals surface area contributed by atoms with Gasteiger partial charge in [-0.1, -0.05) is 25.7 Å². The van der Waals surface area contributed by atoms with Crippen LogP contribution in [0.25, 0.3) is 11.0 Å². The molecule has 5 rings (SSSR count). The fraction of sp³-hybridized carbons (Fsp3) is 0.562. The molecule has 4 heterocycles. The maximum absolute atomic E-state index is 13.5. The van der Waals surface area contributed by atoms with Crippen LogP contribution in [0.5, 0.6) is 0 Å². The Hall–Kier alpha value is -3.86. The van der Waals surface area contributed by atoms with Crippen LogP contribution < -0.4 is 15.8 Å². The van der Waals surface area contributed by atoms with Gasteiger partial charge in [0.25, 0.3) is 5.56 Å². The summed E-state index contributed by atoms with van der Waals surface area (Å²) < 4.78 is 6.42. The van der Waals surface area contributed by atoms with Gasteiger partial charge in [0.15, 0.2) is 5.78 Å². The molecule has 2 aliphatic rings. The second-order valence-electron chi connectivity index (χ2n) is 11.7. The van der Waals surface area contributed by atoms with Gasteiger partial charge >= 0.3 is 5.97 Å². The van der Waals surface area contributed by atoms with Crippen LogP contribution in [-0.4, -0.2) is 76.0 Å². The third-order valence-electron chi connectivity index (χ3n) is 8.81. The molecule has 230 valence electrons. The van der Waals surface area contributed by atoms with Crippen LogP contribution in [-0.2, 0) is 9.53 Å². The number of methoxy groups -OCH3 is 1. The van der Waals surface area contributed by atoms with E-state index in [9.17, 15) is 14.4 Å². The summed E-state index contributed by atoms with van der Waals surface area (Å²) in [5.74, 6) is 0.643. The number of aromatic nitrogens is 4. The number of aryl methyl sites for hydroxylation is 1. The minimum atomic E-state index is -0.257. The number of piperazine rings is 1. The number of anilines is 3.